The summed E-state index contributed by atoms with van der Waals surface area (Å²) in [6, 6.07) is 2.59. The largest absolute Gasteiger partial charge is 0.444 e. The van der Waals surface area contributed by atoms with E-state index in [0.717, 1.165) is 6.07 Å². The van der Waals surface area contributed by atoms with Gasteiger partial charge in [0.05, 0.1) is 25.0 Å². The Kier molecular flexibility index (Phi) is 5.54. The smallest absolute Gasteiger partial charge is 0.410 e. The molecule has 134 valence electrons. The van der Waals surface area contributed by atoms with Gasteiger partial charge < -0.3 is 19.7 Å². The number of rotatable bonds is 2. The van der Waals surface area contributed by atoms with Gasteiger partial charge in [-0.15, -0.1) is 0 Å². The number of hydrogen-bond acceptors (Lipinski definition) is 6. The molecular formula is C16H19FN4O4. The predicted octanol–water partition coefficient (Wildman–Crippen LogP) is 1.67. The number of nitriles is 1. The summed E-state index contributed by atoms with van der Waals surface area (Å²) < 4.78 is 24.2. The number of morpholine rings is 1. The van der Waals surface area contributed by atoms with Crippen LogP contribution in [-0.4, -0.2) is 53.3 Å². The quantitative estimate of drug-likeness (QED) is 0.870. The summed E-state index contributed by atoms with van der Waals surface area (Å²) in [5, 5.41) is 11.1. The lowest BCUT2D eigenvalue weighted by molar-refractivity contribution is -0.132. The maximum absolute atomic E-state index is 13.5. The van der Waals surface area contributed by atoms with E-state index >= 15 is 0 Å². The first-order valence-corrected chi connectivity index (χ1v) is 7.65. The number of hydrogen-bond donors (Lipinski definition) is 1. The Hall–Kier alpha value is -2.73. The van der Waals surface area contributed by atoms with Crippen molar-refractivity contribution in [2.24, 2.45) is 0 Å². The lowest BCUT2D eigenvalue weighted by atomic mass is 10.2. The van der Waals surface area contributed by atoms with Crippen molar-refractivity contribution in [2.45, 2.75) is 32.5 Å². The van der Waals surface area contributed by atoms with E-state index < -0.39 is 29.5 Å². The predicted molar refractivity (Wildman–Crippen MR) is 85.1 cm³/mol. The molecule has 0 aliphatic carbocycles. The molecule has 1 aromatic rings. The molecule has 1 saturated heterocycles. The van der Waals surface area contributed by atoms with E-state index in [-0.39, 0.29) is 24.5 Å². The first kappa shape index (κ1) is 18.6. The zero-order chi connectivity index (χ0) is 18.6. The third kappa shape index (κ3) is 5.12. The molecule has 8 nitrogen and oxygen atoms in total. The molecule has 0 saturated carbocycles. The van der Waals surface area contributed by atoms with Crippen molar-refractivity contribution in [1.29, 1.82) is 5.26 Å². The molecule has 1 N–H and O–H groups in total. The van der Waals surface area contributed by atoms with Crippen LogP contribution in [0.25, 0.3) is 0 Å². The summed E-state index contributed by atoms with van der Waals surface area (Å²) in [7, 11) is 0. The van der Waals surface area contributed by atoms with E-state index in [0.29, 0.717) is 6.54 Å². The summed E-state index contributed by atoms with van der Waals surface area (Å²) in [5.74, 6) is -1.38. The van der Waals surface area contributed by atoms with E-state index in [9.17, 15) is 14.0 Å². The van der Waals surface area contributed by atoms with E-state index in [4.69, 9.17) is 14.7 Å². The van der Waals surface area contributed by atoms with Crippen LogP contribution in [0.2, 0.25) is 0 Å². The normalized spacial score (nSPS) is 17.6. The van der Waals surface area contributed by atoms with Crippen molar-refractivity contribution in [3.8, 4) is 6.07 Å². The standard InChI is InChI=1S/C16H19FN4O4/c1-16(2,3)25-15(23)21-4-5-24-13(9-21)14(22)20-10-6-11(17)12(7-18)19-8-10/h6,8,13H,4-5,9H2,1-3H3,(H,20,22). The fourth-order valence-corrected chi connectivity index (χ4v) is 2.11. The van der Waals surface area contributed by atoms with Crippen LogP contribution >= 0.6 is 0 Å². The highest BCUT2D eigenvalue weighted by atomic mass is 19.1. The first-order valence-electron chi connectivity index (χ1n) is 7.65. The second-order valence-electron chi connectivity index (χ2n) is 6.44. The van der Waals surface area contributed by atoms with Crippen molar-refractivity contribution >= 4 is 17.7 Å². The molecule has 1 atom stereocenters. The Morgan fingerprint density at radius 2 is 2.24 bits per heavy atom. The van der Waals surface area contributed by atoms with Gasteiger partial charge in [0, 0.05) is 12.6 Å². The number of nitrogens with one attached hydrogen (secondary N) is 1. The Balaban J connectivity index is 1.99. The van der Waals surface area contributed by atoms with E-state index in [1.54, 1.807) is 26.8 Å². The molecule has 1 aliphatic heterocycles. The zero-order valence-electron chi connectivity index (χ0n) is 14.2. The SMILES string of the molecule is CC(C)(C)OC(=O)N1CCOC(C(=O)Nc2cnc(C#N)c(F)c2)C1. The van der Waals surface area contributed by atoms with Crippen LogP contribution in [0.3, 0.4) is 0 Å². The van der Waals surface area contributed by atoms with Gasteiger partial charge in [0.25, 0.3) is 5.91 Å². The summed E-state index contributed by atoms with van der Waals surface area (Å²) in [6.45, 7) is 5.77. The molecular weight excluding hydrogens is 331 g/mol. The lowest BCUT2D eigenvalue weighted by Crippen LogP contribution is -2.51. The fourth-order valence-electron chi connectivity index (χ4n) is 2.11. The van der Waals surface area contributed by atoms with Gasteiger partial charge in [0.2, 0.25) is 0 Å². The lowest BCUT2D eigenvalue weighted by Gasteiger charge is -2.33. The monoisotopic (exact) mass is 350 g/mol. The third-order valence-electron chi connectivity index (χ3n) is 3.23. The highest BCUT2D eigenvalue weighted by Gasteiger charge is 2.31. The molecule has 0 bridgehead atoms. The Labute approximate surface area is 144 Å². The number of amides is 2. The average Bonchev–Trinajstić information content (AvgIpc) is 2.53. The summed E-state index contributed by atoms with van der Waals surface area (Å²) in [5.41, 5.74) is -0.902. The van der Waals surface area contributed by atoms with Gasteiger partial charge in [0.1, 0.15) is 11.7 Å². The van der Waals surface area contributed by atoms with Crippen LogP contribution in [-0.2, 0) is 14.3 Å². The molecule has 25 heavy (non-hydrogen) atoms. The molecule has 1 aliphatic rings. The summed E-state index contributed by atoms with van der Waals surface area (Å²) >= 11 is 0. The van der Waals surface area contributed by atoms with Crippen molar-refractivity contribution in [1.82, 2.24) is 9.88 Å². The minimum absolute atomic E-state index is 0.0208. The van der Waals surface area contributed by atoms with Gasteiger partial charge in [-0.3, -0.25) is 4.79 Å². The highest BCUT2D eigenvalue weighted by molar-refractivity contribution is 5.94. The van der Waals surface area contributed by atoms with Crippen LogP contribution in [0.1, 0.15) is 26.5 Å². The van der Waals surface area contributed by atoms with Crippen molar-refractivity contribution in [3.05, 3.63) is 23.8 Å². The van der Waals surface area contributed by atoms with Gasteiger partial charge in [0.15, 0.2) is 17.6 Å². The molecule has 0 radical (unpaired) electrons. The average molecular weight is 350 g/mol. The molecule has 2 rings (SSSR count). The maximum atomic E-state index is 13.5. The molecule has 1 unspecified atom stereocenters. The number of carbonyl (C=O) groups is 2. The second-order valence-corrected chi connectivity index (χ2v) is 6.44. The number of anilines is 1. The maximum Gasteiger partial charge on any atom is 0.410 e. The number of aromatic nitrogens is 1. The molecule has 1 aromatic heterocycles. The van der Waals surface area contributed by atoms with Gasteiger partial charge in [-0.25, -0.2) is 14.2 Å². The topological polar surface area (TPSA) is 105 Å². The van der Waals surface area contributed by atoms with Crippen molar-refractivity contribution < 1.29 is 23.5 Å². The van der Waals surface area contributed by atoms with Gasteiger partial charge >= 0.3 is 6.09 Å². The van der Waals surface area contributed by atoms with Crippen LogP contribution in [0, 0.1) is 17.1 Å². The number of nitrogens with zero attached hydrogens (tertiary/aromatic N) is 3. The molecule has 0 spiro atoms. The minimum atomic E-state index is -0.917. The number of pyridine rings is 1. The number of ether oxygens (including phenoxy) is 2. The summed E-state index contributed by atoms with van der Waals surface area (Å²) in [6.07, 6.45) is -0.270. The van der Waals surface area contributed by atoms with E-state index in [2.05, 4.69) is 10.3 Å². The second kappa shape index (κ2) is 7.44. The minimum Gasteiger partial charge on any atom is -0.444 e. The molecule has 1 fully saturated rings. The Bertz CT molecular complexity index is 711. The molecule has 0 aromatic carbocycles. The van der Waals surface area contributed by atoms with E-state index in [1.807, 2.05) is 0 Å². The van der Waals surface area contributed by atoms with Crippen LogP contribution in [0.5, 0.6) is 0 Å². The summed E-state index contributed by atoms with van der Waals surface area (Å²) in [4.78, 5) is 29.3. The van der Waals surface area contributed by atoms with Gasteiger partial charge in [-0.1, -0.05) is 0 Å². The Morgan fingerprint density at radius 3 is 2.84 bits per heavy atom. The highest BCUT2D eigenvalue weighted by Crippen LogP contribution is 2.15. The fraction of sp³-hybridized carbons (Fsp3) is 0.500. The number of halogens is 1. The van der Waals surface area contributed by atoms with Gasteiger partial charge in [-0.05, 0) is 20.8 Å². The van der Waals surface area contributed by atoms with Crippen LogP contribution < -0.4 is 5.32 Å². The van der Waals surface area contributed by atoms with Crippen LogP contribution in [0.15, 0.2) is 12.3 Å². The van der Waals surface area contributed by atoms with Crippen molar-refractivity contribution in [3.63, 3.8) is 0 Å². The van der Waals surface area contributed by atoms with Gasteiger partial charge in [-0.2, -0.15) is 5.26 Å². The third-order valence-corrected chi connectivity index (χ3v) is 3.23. The number of carbonyl (C=O) groups excluding carboxylic acids is 2. The van der Waals surface area contributed by atoms with E-state index in [1.165, 1.54) is 11.1 Å². The molecule has 2 amide bonds. The Morgan fingerprint density at radius 1 is 1.52 bits per heavy atom. The molecule has 2 heterocycles. The zero-order valence-corrected chi connectivity index (χ0v) is 14.2. The van der Waals surface area contributed by atoms with Crippen LogP contribution in [0.4, 0.5) is 14.9 Å². The first-order chi connectivity index (χ1) is 11.7. The molecule has 9 heteroatoms. The van der Waals surface area contributed by atoms with Crippen molar-refractivity contribution in [2.75, 3.05) is 25.0 Å².